The quantitative estimate of drug-likeness (QED) is 0.513. The predicted molar refractivity (Wildman–Crippen MR) is 64.6 cm³/mol. The molecule has 0 bridgehead atoms. The number of rotatable bonds is 0. The molecule has 0 aromatic carbocycles. The standard InChI is InChI=1S/C15H24/c1-10-6-5-7-11-8-9-12-13(14(12,2)3)15(10,11)4/h7,10,12-13H,5-6,8-9H2,1-4H3/t10-,12?,13?,15+/m1/s1. The van der Waals surface area contributed by atoms with Gasteiger partial charge in [0.25, 0.3) is 0 Å². The zero-order chi connectivity index (χ0) is 10.8. The van der Waals surface area contributed by atoms with Crippen LogP contribution in [0.4, 0.5) is 0 Å². The minimum Gasteiger partial charge on any atom is -0.0847 e. The molecule has 0 aromatic heterocycles. The number of hydrogen-bond acceptors (Lipinski definition) is 0. The summed E-state index contributed by atoms with van der Waals surface area (Å²) in [7, 11) is 0. The Morgan fingerprint density at radius 1 is 1.20 bits per heavy atom. The van der Waals surface area contributed by atoms with Crippen LogP contribution in [0.3, 0.4) is 0 Å². The molecule has 0 N–H and O–H groups in total. The lowest BCUT2D eigenvalue weighted by molar-refractivity contribution is 0.147. The Morgan fingerprint density at radius 2 is 1.93 bits per heavy atom. The van der Waals surface area contributed by atoms with Gasteiger partial charge >= 0.3 is 0 Å². The third-order valence-electron chi connectivity index (χ3n) is 6.13. The van der Waals surface area contributed by atoms with Gasteiger partial charge in [-0.2, -0.15) is 0 Å². The first kappa shape index (κ1) is 9.93. The van der Waals surface area contributed by atoms with Crippen LogP contribution in [0.1, 0.15) is 53.4 Å². The zero-order valence-corrected chi connectivity index (χ0v) is 10.6. The maximum Gasteiger partial charge on any atom is -0.00544 e. The van der Waals surface area contributed by atoms with Crippen molar-refractivity contribution in [2.45, 2.75) is 53.4 Å². The van der Waals surface area contributed by atoms with Crippen molar-refractivity contribution in [3.63, 3.8) is 0 Å². The first-order valence-corrected chi connectivity index (χ1v) is 6.68. The highest BCUT2D eigenvalue weighted by molar-refractivity contribution is 5.31. The predicted octanol–water partition coefficient (Wildman–Crippen LogP) is 4.42. The van der Waals surface area contributed by atoms with Crippen molar-refractivity contribution < 1.29 is 0 Å². The summed E-state index contributed by atoms with van der Waals surface area (Å²) in [4.78, 5) is 0. The maximum atomic E-state index is 2.57. The zero-order valence-electron chi connectivity index (χ0n) is 10.6. The topological polar surface area (TPSA) is 0 Å². The summed E-state index contributed by atoms with van der Waals surface area (Å²) >= 11 is 0. The molecule has 3 rings (SSSR count). The van der Waals surface area contributed by atoms with E-state index in [0.29, 0.717) is 10.8 Å². The summed E-state index contributed by atoms with van der Waals surface area (Å²) < 4.78 is 0. The number of fused-ring (bicyclic) bond motifs is 3. The summed E-state index contributed by atoms with van der Waals surface area (Å²) in [5, 5.41) is 0. The molecule has 15 heavy (non-hydrogen) atoms. The van der Waals surface area contributed by atoms with Gasteiger partial charge < -0.3 is 0 Å². The summed E-state index contributed by atoms with van der Waals surface area (Å²) in [6.07, 6.45) is 8.19. The van der Waals surface area contributed by atoms with Gasteiger partial charge in [-0.25, -0.2) is 0 Å². The van der Waals surface area contributed by atoms with Crippen molar-refractivity contribution in [3.05, 3.63) is 11.6 Å². The molecule has 0 amide bonds. The van der Waals surface area contributed by atoms with Gasteiger partial charge in [0.1, 0.15) is 0 Å². The average Bonchev–Trinajstić information content (AvgIpc) is 2.73. The molecule has 2 fully saturated rings. The Morgan fingerprint density at radius 3 is 2.67 bits per heavy atom. The van der Waals surface area contributed by atoms with Crippen LogP contribution in [0.2, 0.25) is 0 Å². The van der Waals surface area contributed by atoms with E-state index in [4.69, 9.17) is 0 Å². The fourth-order valence-corrected chi connectivity index (χ4v) is 5.01. The summed E-state index contributed by atoms with van der Waals surface area (Å²) in [5.74, 6) is 2.92. The lowest BCUT2D eigenvalue weighted by Crippen LogP contribution is -2.36. The van der Waals surface area contributed by atoms with Crippen molar-refractivity contribution in [3.8, 4) is 0 Å². The molecular weight excluding hydrogens is 180 g/mol. The monoisotopic (exact) mass is 204 g/mol. The van der Waals surface area contributed by atoms with Gasteiger partial charge in [0, 0.05) is 0 Å². The second kappa shape index (κ2) is 2.70. The van der Waals surface area contributed by atoms with Gasteiger partial charge in [-0.3, -0.25) is 0 Å². The number of allylic oxidation sites excluding steroid dienone is 2. The lowest BCUT2D eigenvalue weighted by Gasteiger charge is -2.45. The molecule has 2 saturated carbocycles. The Hall–Kier alpha value is -0.260. The molecule has 0 nitrogen and oxygen atoms in total. The van der Waals surface area contributed by atoms with Crippen molar-refractivity contribution in [1.82, 2.24) is 0 Å². The van der Waals surface area contributed by atoms with Crippen LogP contribution in [0, 0.1) is 28.6 Å². The molecule has 3 aliphatic carbocycles. The highest BCUT2D eigenvalue weighted by atomic mass is 14.7. The highest BCUT2D eigenvalue weighted by Crippen LogP contribution is 2.74. The van der Waals surface area contributed by atoms with Gasteiger partial charge in [-0.15, -0.1) is 0 Å². The lowest BCUT2D eigenvalue weighted by atomic mass is 9.60. The molecule has 0 radical (unpaired) electrons. The fourth-order valence-electron chi connectivity index (χ4n) is 5.01. The van der Waals surface area contributed by atoms with E-state index in [2.05, 4.69) is 33.8 Å². The van der Waals surface area contributed by atoms with E-state index in [1.54, 1.807) is 0 Å². The number of hydrogen-bond donors (Lipinski definition) is 0. The molecular formula is C15H24. The Kier molecular flexibility index (Phi) is 1.79. The van der Waals surface area contributed by atoms with E-state index in [9.17, 15) is 0 Å². The summed E-state index contributed by atoms with van der Waals surface area (Å²) in [6, 6.07) is 0. The fraction of sp³-hybridized carbons (Fsp3) is 0.867. The van der Waals surface area contributed by atoms with Crippen molar-refractivity contribution in [1.29, 1.82) is 0 Å². The van der Waals surface area contributed by atoms with Crippen LogP contribution in [0.15, 0.2) is 11.6 Å². The first-order valence-electron chi connectivity index (χ1n) is 6.68. The highest BCUT2D eigenvalue weighted by Gasteiger charge is 2.68. The first-order chi connectivity index (χ1) is 6.99. The third kappa shape index (κ3) is 1.04. The van der Waals surface area contributed by atoms with Gasteiger partial charge in [0.05, 0.1) is 0 Å². The molecule has 0 heteroatoms. The van der Waals surface area contributed by atoms with Gasteiger partial charge in [-0.05, 0) is 54.3 Å². The van der Waals surface area contributed by atoms with E-state index in [0.717, 1.165) is 17.8 Å². The largest absolute Gasteiger partial charge is 0.0847 e. The Labute approximate surface area is 94.1 Å². The molecule has 0 aromatic rings. The van der Waals surface area contributed by atoms with Crippen LogP contribution < -0.4 is 0 Å². The minimum absolute atomic E-state index is 0.560. The molecule has 0 heterocycles. The molecule has 0 aliphatic heterocycles. The molecule has 0 saturated heterocycles. The van der Waals surface area contributed by atoms with E-state index < -0.39 is 0 Å². The normalized spacial score (nSPS) is 51.5. The average molecular weight is 204 g/mol. The van der Waals surface area contributed by atoms with Crippen LogP contribution in [0.25, 0.3) is 0 Å². The second-order valence-corrected chi connectivity index (χ2v) is 6.93. The smallest absolute Gasteiger partial charge is 0.00544 e. The molecule has 0 spiro atoms. The molecule has 4 atom stereocenters. The van der Waals surface area contributed by atoms with E-state index in [1.165, 1.54) is 25.7 Å². The molecule has 84 valence electrons. The second-order valence-electron chi connectivity index (χ2n) is 6.93. The van der Waals surface area contributed by atoms with Crippen molar-refractivity contribution in [2.75, 3.05) is 0 Å². The van der Waals surface area contributed by atoms with Gasteiger partial charge in [-0.1, -0.05) is 39.3 Å². The Balaban J connectivity index is 2.03. The SMILES string of the molecule is C[C@@H]1CCC=C2CCC3C(C3(C)C)[C@]21C. The maximum absolute atomic E-state index is 2.57. The third-order valence-corrected chi connectivity index (χ3v) is 6.13. The van der Waals surface area contributed by atoms with Gasteiger partial charge in [0.2, 0.25) is 0 Å². The van der Waals surface area contributed by atoms with Crippen LogP contribution in [0.5, 0.6) is 0 Å². The Bertz CT molecular complexity index is 323. The van der Waals surface area contributed by atoms with E-state index in [1.807, 2.05) is 5.57 Å². The molecule has 2 unspecified atom stereocenters. The summed E-state index contributed by atoms with van der Waals surface area (Å²) in [6.45, 7) is 10.0. The van der Waals surface area contributed by atoms with Crippen LogP contribution in [-0.4, -0.2) is 0 Å². The van der Waals surface area contributed by atoms with Gasteiger partial charge in [0.15, 0.2) is 0 Å². The molecule has 3 aliphatic rings. The van der Waals surface area contributed by atoms with Crippen LogP contribution in [-0.2, 0) is 0 Å². The van der Waals surface area contributed by atoms with Crippen LogP contribution >= 0.6 is 0 Å². The van der Waals surface area contributed by atoms with E-state index >= 15 is 0 Å². The van der Waals surface area contributed by atoms with E-state index in [-0.39, 0.29) is 0 Å². The minimum atomic E-state index is 0.560. The summed E-state index contributed by atoms with van der Waals surface area (Å²) in [5.41, 5.74) is 3.01. The van der Waals surface area contributed by atoms with Crippen molar-refractivity contribution >= 4 is 0 Å². The van der Waals surface area contributed by atoms with Crippen molar-refractivity contribution in [2.24, 2.45) is 28.6 Å².